The molecule has 3 aromatic rings. The summed E-state index contributed by atoms with van der Waals surface area (Å²) < 4.78 is 82.4. The van der Waals surface area contributed by atoms with Crippen LogP contribution in [0, 0.1) is 6.92 Å². The lowest BCUT2D eigenvalue weighted by Gasteiger charge is -2.36. The number of hydrogen-bond donors (Lipinski definition) is 0. The van der Waals surface area contributed by atoms with Crippen molar-refractivity contribution in [3.05, 3.63) is 79.7 Å². The Bertz CT molecular complexity index is 1340. The van der Waals surface area contributed by atoms with E-state index in [0.717, 1.165) is 4.90 Å². The maximum atomic E-state index is 13.2. The van der Waals surface area contributed by atoms with E-state index in [1.807, 2.05) is 0 Å². The first-order chi connectivity index (χ1) is 16.2. The highest BCUT2D eigenvalue weighted by Gasteiger charge is 2.38. The summed E-state index contributed by atoms with van der Waals surface area (Å²) in [7, 11) is 0. The largest absolute Gasteiger partial charge is 0.416 e. The van der Waals surface area contributed by atoms with Crippen LogP contribution >= 0.6 is 15.9 Å². The number of carbonyl (C=O) groups is 1. The summed E-state index contributed by atoms with van der Waals surface area (Å²) in [4.78, 5) is 31.6. The average molecular weight is 563 g/mol. The van der Waals surface area contributed by atoms with Crippen molar-refractivity contribution < 1.29 is 31.1 Å². The van der Waals surface area contributed by atoms with Crippen LogP contribution in [-0.4, -0.2) is 31.0 Å². The first-order valence-corrected chi connectivity index (χ1v) is 11.0. The molecule has 0 fully saturated rings. The molecule has 1 atom stereocenters. The van der Waals surface area contributed by atoms with Gasteiger partial charge in [0.2, 0.25) is 0 Å². The third-order valence-corrected chi connectivity index (χ3v) is 6.26. The Morgan fingerprint density at radius 2 is 1.63 bits per heavy atom. The zero-order valence-electron chi connectivity index (χ0n) is 18.2. The lowest BCUT2D eigenvalue weighted by molar-refractivity contribution is -0.143. The van der Waals surface area contributed by atoms with Gasteiger partial charge in [-0.25, -0.2) is 4.98 Å². The van der Waals surface area contributed by atoms with Crippen LogP contribution in [0.2, 0.25) is 0 Å². The number of aromatic nitrogens is 3. The van der Waals surface area contributed by atoms with Gasteiger partial charge in [0.25, 0.3) is 11.5 Å². The van der Waals surface area contributed by atoms with Crippen molar-refractivity contribution in [3.63, 3.8) is 0 Å². The summed E-state index contributed by atoms with van der Waals surface area (Å²) in [6.07, 6.45) is -6.93. The van der Waals surface area contributed by atoms with Gasteiger partial charge in [-0.1, -0.05) is 0 Å². The van der Waals surface area contributed by atoms with Crippen LogP contribution in [0.5, 0.6) is 0 Å². The van der Waals surface area contributed by atoms with Crippen molar-refractivity contribution in [2.75, 3.05) is 0 Å². The number of amides is 1. The number of carbonyl (C=O) groups excluding carboxylic acids is 1. The summed E-state index contributed by atoms with van der Waals surface area (Å²) in [5.74, 6) is -0.694. The molecule has 35 heavy (non-hydrogen) atoms. The van der Waals surface area contributed by atoms with Crippen LogP contribution in [0.25, 0.3) is 5.69 Å². The van der Waals surface area contributed by atoms with Crippen LogP contribution in [-0.2, 0) is 25.4 Å². The van der Waals surface area contributed by atoms with Gasteiger partial charge in [0.1, 0.15) is 11.4 Å². The fourth-order valence-electron chi connectivity index (χ4n) is 3.99. The average Bonchev–Trinajstić information content (AvgIpc) is 3.16. The highest BCUT2D eigenvalue weighted by atomic mass is 79.9. The number of rotatable bonds is 3. The minimum Gasteiger partial charge on any atom is -0.329 e. The third-order valence-electron chi connectivity index (χ3n) is 5.66. The summed E-state index contributed by atoms with van der Waals surface area (Å²) in [5, 5.41) is 0. The van der Waals surface area contributed by atoms with Gasteiger partial charge >= 0.3 is 12.4 Å². The molecule has 0 saturated heterocycles. The van der Waals surface area contributed by atoms with Gasteiger partial charge in [-0.3, -0.25) is 14.2 Å². The zero-order valence-corrected chi connectivity index (χ0v) is 19.8. The summed E-state index contributed by atoms with van der Waals surface area (Å²) >= 11 is 3.28. The molecule has 13 heteroatoms. The Kier molecular flexibility index (Phi) is 6.10. The lowest BCUT2D eigenvalue weighted by atomic mass is 10.0. The van der Waals surface area contributed by atoms with Crippen molar-refractivity contribution in [2.45, 2.75) is 45.3 Å². The Hall–Kier alpha value is -3.09. The highest BCUT2D eigenvalue weighted by Crippen LogP contribution is 2.37. The van der Waals surface area contributed by atoms with E-state index in [-0.39, 0.29) is 34.0 Å². The summed E-state index contributed by atoms with van der Waals surface area (Å²) in [6.45, 7) is 2.80. The number of hydrogen-bond acceptors (Lipinski definition) is 3. The van der Waals surface area contributed by atoms with Crippen molar-refractivity contribution in [1.29, 1.82) is 0 Å². The fraction of sp³-hybridized carbons (Fsp3) is 0.318. The van der Waals surface area contributed by atoms with Crippen molar-refractivity contribution >= 4 is 21.8 Å². The van der Waals surface area contributed by atoms with Crippen molar-refractivity contribution in [3.8, 4) is 5.69 Å². The molecule has 0 aliphatic carbocycles. The minimum absolute atomic E-state index is 0.00104. The Morgan fingerprint density at radius 1 is 1.03 bits per heavy atom. The third kappa shape index (κ3) is 4.73. The topological polar surface area (TPSA) is 60.1 Å². The summed E-state index contributed by atoms with van der Waals surface area (Å²) in [6, 6.07) is 1.95. The molecule has 0 unspecified atom stereocenters. The molecule has 0 saturated carbocycles. The number of halogens is 7. The second-order valence-electron chi connectivity index (χ2n) is 8.26. The number of benzene rings is 1. The van der Waals surface area contributed by atoms with Gasteiger partial charge < -0.3 is 9.47 Å². The number of fused-ring (bicyclic) bond motifs is 1. The second-order valence-corrected chi connectivity index (χ2v) is 9.11. The molecule has 186 valence electrons. The fourth-order valence-corrected chi connectivity index (χ4v) is 4.58. The molecule has 0 spiro atoms. The molecule has 1 aliphatic rings. The second kappa shape index (κ2) is 8.54. The quantitative estimate of drug-likeness (QED) is 0.413. The van der Waals surface area contributed by atoms with Crippen LogP contribution in [0.1, 0.15) is 39.8 Å². The van der Waals surface area contributed by atoms with E-state index in [2.05, 4.69) is 20.9 Å². The molecule has 3 heterocycles. The van der Waals surface area contributed by atoms with Gasteiger partial charge in [0.05, 0.1) is 23.1 Å². The number of aryl methyl sites for hydroxylation is 1. The SMILES string of the molecule is Cc1cn(-c2c(Br)cc3n(c2=O)C[C@@H](C)N(Cc2cc(C(F)(F)F)cc(C(F)(F)F)c2)C3=O)cn1. The first-order valence-electron chi connectivity index (χ1n) is 10.2. The van der Waals surface area contributed by atoms with E-state index in [1.54, 1.807) is 20.0 Å². The van der Waals surface area contributed by atoms with Crippen molar-refractivity contribution in [2.24, 2.45) is 0 Å². The number of imidazole rings is 1. The van der Waals surface area contributed by atoms with Gasteiger partial charge in [-0.2, -0.15) is 26.3 Å². The summed E-state index contributed by atoms with van der Waals surface area (Å²) in [5.41, 5.74) is -2.90. The molecule has 0 radical (unpaired) electrons. The minimum atomic E-state index is -5.00. The monoisotopic (exact) mass is 562 g/mol. The van der Waals surface area contributed by atoms with Crippen LogP contribution in [0.4, 0.5) is 26.3 Å². The normalized spacial score (nSPS) is 16.5. The van der Waals surface area contributed by atoms with E-state index < -0.39 is 47.5 Å². The van der Waals surface area contributed by atoms with E-state index >= 15 is 0 Å². The van der Waals surface area contributed by atoms with Crippen molar-refractivity contribution in [1.82, 2.24) is 19.0 Å². The molecule has 1 amide bonds. The number of alkyl halides is 6. The molecule has 1 aromatic carbocycles. The molecule has 2 aromatic heterocycles. The van der Waals surface area contributed by atoms with Crippen LogP contribution < -0.4 is 5.56 Å². The molecule has 4 rings (SSSR count). The van der Waals surface area contributed by atoms with Crippen LogP contribution in [0.3, 0.4) is 0 Å². The Balaban J connectivity index is 1.74. The smallest absolute Gasteiger partial charge is 0.329 e. The molecule has 0 bridgehead atoms. The first kappa shape index (κ1) is 25.0. The predicted molar refractivity (Wildman–Crippen MR) is 116 cm³/mol. The molecule has 6 nitrogen and oxygen atoms in total. The predicted octanol–water partition coefficient (Wildman–Crippen LogP) is 5.19. The lowest BCUT2D eigenvalue weighted by Crippen LogP contribution is -2.49. The molecular formula is C22H17BrF6N4O2. The molecular weight excluding hydrogens is 546 g/mol. The molecule has 0 N–H and O–H groups in total. The highest BCUT2D eigenvalue weighted by molar-refractivity contribution is 9.10. The number of pyridine rings is 1. The van der Waals surface area contributed by atoms with E-state index in [1.165, 1.54) is 21.5 Å². The van der Waals surface area contributed by atoms with E-state index in [0.29, 0.717) is 17.8 Å². The molecule has 1 aliphatic heterocycles. The van der Waals surface area contributed by atoms with E-state index in [9.17, 15) is 35.9 Å². The number of nitrogens with zero attached hydrogens (tertiary/aromatic N) is 4. The van der Waals surface area contributed by atoms with Gasteiger partial charge in [-0.05, 0) is 59.6 Å². The van der Waals surface area contributed by atoms with Gasteiger partial charge in [0, 0.05) is 29.8 Å². The zero-order chi connectivity index (χ0) is 25.9. The Labute approximate surface area is 202 Å². The van der Waals surface area contributed by atoms with Crippen LogP contribution in [0.15, 0.2) is 46.1 Å². The maximum Gasteiger partial charge on any atom is 0.416 e. The van der Waals surface area contributed by atoms with Gasteiger partial charge in [-0.15, -0.1) is 0 Å². The maximum absolute atomic E-state index is 13.2. The Morgan fingerprint density at radius 3 is 2.14 bits per heavy atom. The van der Waals surface area contributed by atoms with Gasteiger partial charge in [0.15, 0.2) is 0 Å². The van der Waals surface area contributed by atoms with E-state index in [4.69, 9.17) is 0 Å². The standard InChI is InChI=1S/C22H17BrF6N4O2/c1-11-7-31(10-30-11)18-16(23)6-17-19(34)32(12(2)8-33(17)20(18)35)9-13-3-14(21(24,25)26)5-15(4-13)22(27,28)29/h3-7,10,12H,8-9H2,1-2H3/t12-/m1/s1.